The highest BCUT2D eigenvalue weighted by Crippen LogP contribution is 2.37. The van der Waals surface area contributed by atoms with Crippen LogP contribution >= 0.6 is 34.8 Å². The highest BCUT2D eigenvalue weighted by Gasteiger charge is 2.19. The molecule has 0 aliphatic rings. The first-order valence-electron chi connectivity index (χ1n) is 7.98. The summed E-state index contributed by atoms with van der Waals surface area (Å²) < 4.78 is 5.66. The molecule has 1 heterocycles. The Bertz CT molecular complexity index is 913. The van der Waals surface area contributed by atoms with Crippen LogP contribution in [0.1, 0.15) is 18.1 Å². The highest BCUT2D eigenvalue weighted by molar-refractivity contribution is 6.46. The van der Waals surface area contributed by atoms with Crippen molar-refractivity contribution in [1.82, 2.24) is 20.5 Å². The molecule has 0 aliphatic heterocycles. The number of amides is 2. The number of nitrogens with one attached hydrogen (secondary N) is 1. The zero-order valence-electron chi connectivity index (χ0n) is 15.2. The second-order valence-corrected chi connectivity index (χ2v) is 6.60. The summed E-state index contributed by atoms with van der Waals surface area (Å²) in [6, 6.07) is 4.52. The molecular weight excluding hydrogens is 429 g/mol. The van der Waals surface area contributed by atoms with Crippen LogP contribution in [0.15, 0.2) is 23.3 Å². The third-order valence-electron chi connectivity index (χ3n) is 3.51. The Morgan fingerprint density at radius 2 is 1.89 bits per heavy atom. The molecule has 0 fully saturated rings. The van der Waals surface area contributed by atoms with E-state index in [4.69, 9.17) is 39.5 Å². The molecule has 1 aromatic carbocycles. The van der Waals surface area contributed by atoms with Crippen LogP contribution in [0, 0.1) is 0 Å². The van der Waals surface area contributed by atoms with Gasteiger partial charge in [0.2, 0.25) is 12.3 Å². The van der Waals surface area contributed by atoms with Gasteiger partial charge in [0.25, 0.3) is 5.91 Å². The first-order valence-corrected chi connectivity index (χ1v) is 9.12. The molecule has 0 spiro atoms. The number of ether oxygens (including phenoxy) is 1. The molecule has 8 nitrogen and oxygen atoms in total. The van der Waals surface area contributed by atoms with Gasteiger partial charge in [-0.15, -0.1) is 10.2 Å². The number of halogens is 3. The quantitative estimate of drug-likeness (QED) is 0.401. The van der Waals surface area contributed by atoms with Crippen LogP contribution in [-0.2, 0) is 16.0 Å². The van der Waals surface area contributed by atoms with Crippen LogP contribution in [0.3, 0.4) is 0 Å². The van der Waals surface area contributed by atoms with Gasteiger partial charge in [-0.2, -0.15) is 5.10 Å². The van der Waals surface area contributed by atoms with E-state index < -0.39 is 5.91 Å². The lowest BCUT2D eigenvalue weighted by Gasteiger charge is -2.13. The van der Waals surface area contributed by atoms with Crippen LogP contribution in [0.5, 0.6) is 11.6 Å². The largest absolute Gasteiger partial charge is 0.434 e. The summed E-state index contributed by atoms with van der Waals surface area (Å²) in [6.45, 7) is 1.91. The van der Waals surface area contributed by atoms with E-state index in [-0.39, 0.29) is 32.5 Å². The molecule has 1 aromatic heterocycles. The second kappa shape index (κ2) is 9.68. The number of likely N-dealkylation sites (N-methyl/N-ethyl adjacent to an activating group) is 1. The third kappa shape index (κ3) is 5.09. The van der Waals surface area contributed by atoms with Gasteiger partial charge in [0.05, 0.1) is 10.0 Å². The van der Waals surface area contributed by atoms with E-state index in [0.29, 0.717) is 18.4 Å². The van der Waals surface area contributed by atoms with Crippen LogP contribution in [0.25, 0.3) is 0 Å². The van der Waals surface area contributed by atoms with Crippen LogP contribution < -0.4 is 10.1 Å². The van der Waals surface area contributed by atoms with Gasteiger partial charge < -0.3 is 10.1 Å². The second-order valence-electron chi connectivity index (χ2n) is 5.43. The lowest BCUT2D eigenvalue weighted by Crippen LogP contribution is -2.30. The average Bonchev–Trinajstić information content (AvgIpc) is 2.68. The summed E-state index contributed by atoms with van der Waals surface area (Å²) in [5.41, 5.74) is 1.00. The fourth-order valence-corrected chi connectivity index (χ4v) is 2.92. The van der Waals surface area contributed by atoms with Gasteiger partial charge in [-0.3, -0.25) is 9.59 Å². The molecule has 0 saturated carbocycles. The Morgan fingerprint density at radius 3 is 2.43 bits per heavy atom. The van der Waals surface area contributed by atoms with Crippen molar-refractivity contribution < 1.29 is 14.3 Å². The molecule has 1 N–H and O–H groups in total. The van der Waals surface area contributed by atoms with Gasteiger partial charge in [-0.25, -0.2) is 5.01 Å². The molecular formula is C17H16Cl3N5O3. The summed E-state index contributed by atoms with van der Waals surface area (Å²) in [6.07, 6.45) is 1.09. The topological polar surface area (TPSA) is 96.8 Å². The molecule has 148 valence electrons. The number of nitrogens with zero attached hydrogens (tertiary/aromatic N) is 4. The summed E-state index contributed by atoms with van der Waals surface area (Å²) in [7, 11) is 2.82. The van der Waals surface area contributed by atoms with Crippen LogP contribution in [0.2, 0.25) is 15.2 Å². The zero-order chi connectivity index (χ0) is 20.8. The van der Waals surface area contributed by atoms with Crippen molar-refractivity contribution in [2.24, 2.45) is 5.10 Å². The van der Waals surface area contributed by atoms with Crippen molar-refractivity contribution in [3.63, 3.8) is 0 Å². The van der Waals surface area contributed by atoms with Gasteiger partial charge in [-0.1, -0.05) is 41.7 Å². The molecule has 0 bridgehead atoms. The van der Waals surface area contributed by atoms with E-state index in [9.17, 15) is 9.59 Å². The Hall–Kier alpha value is -2.42. The number of aromatic nitrogens is 2. The molecule has 0 atom stereocenters. The number of aryl methyl sites for hydroxylation is 1. The molecule has 11 heteroatoms. The van der Waals surface area contributed by atoms with Crippen molar-refractivity contribution in [3.8, 4) is 11.6 Å². The molecule has 0 unspecified atom stereocenters. The summed E-state index contributed by atoms with van der Waals surface area (Å²) in [4.78, 5) is 23.0. The van der Waals surface area contributed by atoms with Gasteiger partial charge in [-0.05, 0) is 24.1 Å². The molecule has 0 aliphatic carbocycles. The molecule has 2 rings (SSSR count). The molecule has 28 heavy (non-hydrogen) atoms. The number of benzene rings is 1. The molecule has 2 aromatic rings. The first kappa shape index (κ1) is 21.9. The Morgan fingerprint density at radius 1 is 1.25 bits per heavy atom. The number of carbonyl (C=O) groups is 2. The molecule has 0 saturated heterocycles. The SMILES string of the molecule is CCc1cc(Oc2c(Cl)cc(/C(=N/N(C)C=O)C(=O)NC)cc2Cl)nnc1Cl. The van der Waals surface area contributed by atoms with Crippen molar-refractivity contribution in [1.29, 1.82) is 0 Å². The van der Waals surface area contributed by atoms with Gasteiger partial charge in [0.15, 0.2) is 16.6 Å². The van der Waals surface area contributed by atoms with Gasteiger partial charge in [0, 0.05) is 25.7 Å². The van der Waals surface area contributed by atoms with E-state index >= 15 is 0 Å². The Labute approximate surface area is 176 Å². The van der Waals surface area contributed by atoms with Crippen molar-refractivity contribution >= 4 is 52.8 Å². The summed E-state index contributed by atoms with van der Waals surface area (Å²) in [5.74, 6) is -0.227. The van der Waals surface area contributed by atoms with E-state index in [1.165, 1.54) is 26.2 Å². The molecule has 2 amide bonds. The number of hydrogen-bond donors (Lipinski definition) is 1. The highest BCUT2D eigenvalue weighted by atomic mass is 35.5. The van der Waals surface area contributed by atoms with Crippen molar-refractivity contribution in [3.05, 3.63) is 44.5 Å². The summed E-state index contributed by atoms with van der Waals surface area (Å²) in [5, 5.41) is 15.5. The van der Waals surface area contributed by atoms with E-state index in [0.717, 1.165) is 10.6 Å². The summed E-state index contributed by atoms with van der Waals surface area (Å²) >= 11 is 18.5. The maximum absolute atomic E-state index is 12.1. The predicted molar refractivity (Wildman–Crippen MR) is 107 cm³/mol. The normalized spacial score (nSPS) is 11.1. The Balaban J connectivity index is 2.45. The fourth-order valence-electron chi connectivity index (χ4n) is 2.13. The average molecular weight is 445 g/mol. The van der Waals surface area contributed by atoms with Crippen molar-refractivity contribution in [2.75, 3.05) is 14.1 Å². The third-order valence-corrected chi connectivity index (χ3v) is 4.39. The minimum Gasteiger partial charge on any atom is -0.434 e. The predicted octanol–water partition coefficient (Wildman–Crippen LogP) is 3.33. The smallest absolute Gasteiger partial charge is 0.272 e. The van der Waals surface area contributed by atoms with Crippen LogP contribution in [-0.4, -0.2) is 47.3 Å². The lowest BCUT2D eigenvalue weighted by molar-refractivity contribution is -0.117. The number of hydrogen-bond acceptors (Lipinski definition) is 6. The van der Waals surface area contributed by atoms with Gasteiger partial charge in [0.1, 0.15) is 0 Å². The number of hydrazone groups is 1. The van der Waals surface area contributed by atoms with E-state index in [1.807, 2.05) is 6.92 Å². The minimum absolute atomic E-state index is 0.0491. The van der Waals surface area contributed by atoms with E-state index in [1.54, 1.807) is 6.07 Å². The maximum atomic E-state index is 12.1. The number of carbonyl (C=O) groups excluding carboxylic acids is 2. The fraction of sp³-hybridized carbons (Fsp3) is 0.235. The lowest BCUT2D eigenvalue weighted by atomic mass is 10.1. The Kier molecular flexibility index (Phi) is 7.56. The van der Waals surface area contributed by atoms with Crippen LogP contribution in [0.4, 0.5) is 0 Å². The number of rotatable bonds is 7. The van der Waals surface area contributed by atoms with Gasteiger partial charge >= 0.3 is 0 Å². The maximum Gasteiger partial charge on any atom is 0.272 e. The molecule has 0 radical (unpaired) electrons. The standard InChI is InChI=1S/C17H16Cl3N5O3/c1-4-9-7-13(22-23-16(9)20)28-15-11(18)5-10(6-12(15)19)14(17(27)21-2)24-25(3)8-26/h5-8H,4H2,1-3H3,(H,21,27)/b24-14-. The van der Waals surface area contributed by atoms with E-state index in [2.05, 4.69) is 20.6 Å². The zero-order valence-corrected chi connectivity index (χ0v) is 17.4. The first-order chi connectivity index (χ1) is 13.3. The minimum atomic E-state index is -0.523. The monoisotopic (exact) mass is 443 g/mol. The van der Waals surface area contributed by atoms with Crippen molar-refractivity contribution in [2.45, 2.75) is 13.3 Å².